The average molecular weight is 634 g/mol. The number of nitrogens with two attached hydrogens (primary N) is 1. The molecule has 14 atom stereocenters. The SMILES string of the molecule is NCCCCNCCNC(=O)C(O)[C@@H](O)[C@H](OC1OC(CO)[C@H](OC2OC(CO)C(O)[C@H](O)[C@@H]2O)[C@H](O)[C@@H]1O)C(O)CO. The van der Waals surface area contributed by atoms with Crippen LogP contribution in [0.15, 0.2) is 0 Å². The first-order valence-corrected chi connectivity index (χ1v) is 14.0. The van der Waals surface area contributed by atoms with E-state index in [9.17, 15) is 61.0 Å². The van der Waals surface area contributed by atoms with Crippen molar-refractivity contribution in [2.75, 3.05) is 46.0 Å². The van der Waals surface area contributed by atoms with Crippen LogP contribution in [0, 0.1) is 0 Å². The summed E-state index contributed by atoms with van der Waals surface area (Å²) in [6.45, 7) is -1.09. The second-order valence-corrected chi connectivity index (χ2v) is 10.3. The van der Waals surface area contributed by atoms with E-state index in [-0.39, 0.29) is 6.54 Å². The average Bonchev–Trinajstić information content (AvgIpc) is 3.01. The van der Waals surface area contributed by atoms with Crippen molar-refractivity contribution in [2.45, 2.75) is 98.7 Å². The lowest BCUT2D eigenvalue weighted by Crippen LogP contribution is -2.65. The summed E-state index contributed by atoms with van der Waals surface area (Å²) in [5.74, 6) is -1.04. The van der Waals surface area contributed by atoms with Gasteiger partial charge in [-0.05, 0) is 25.9 Å². The Hall–Kier alpha value is -1.21. The third-order valence-electron chi connectivity index (χ3n) is 7.16. The number of hydrogen-bond donors (Lipinski definition) is 14. The molecule has 7 unspecified atom stereocenters. The topological polar surface area (TPSA) is 327 Å². The lowest BCUT2D eigenvalue weighted by atomic mass is 9.96. The van der Waals surface area contributed by atoms with Gasteiger partial charge in [-0.25, -0.2) is 0 Å². The summed E-state index contributed by atoms with van der Waals surface area (Å²) in [7, 11) is 0. The van der Waals surface area contributed by atoms with Crippen molar-refractivity contribution in [3.63, 3.8) is 0 Å². The fourth-order valence-corrected chi connectivity index (χ4v) is 4.56. The molecule has 0 radical (unpaired) electrons. The predicted octanol–water partition coefficient (Wildman–Crippen LogP) is -8.48. The quantitative estimate of drug-likeness (QED) is 0.0623. The Kier molecular flexibility index (Phi) is 16.5. The summed E-state index contributed by atoms with van der Waals surface area (Å²) < 4.78 is 21.5. The van der Waals surface area contributed by atoms with Crippen LogP contribution in [0.3, 0.4) is 0 Å². The van der Waals surface area contributed by atoms with Crippen LogP contribution in [-0.4, -0.2) is 194 Å². The van der Waals surface area contributed by atoms with Crippen molar-refractivity contribution >= 4 is 5.91 Å². The second-order valence-electron chi connectivity index (χ2n) is 10.3. The molecule has 15 N–H and O–H groups in total. The first-order chi connectivity index (χ1) is 20.4. The van der Waals surface area contributed by atoms with Gasteiger partial charge >= 0.3 is 0 Å². The van der Waals surface area contributed by atoms with E-state index in [4.69, 9.17) is 24.7 Å². The van der Waals surface area contributed by atoms with Gasteiger partial charge in [0.05, 0.1) is 19.8 Å². The van der Waals surface area contributed by atoms with Gasteiger partial charge in [0.25, 0.3) is 5.91 Å². The number of ether oxygens (including phenoxy) is 4. The van der Waals surface area contributed by atoms with Gasteiger partial charge in [0, 0.05) is 13.1 Å². The van der Waals surface area contributed by atoms with Gasteiger partial charge < -0.3 is 91.5 Å². The van der Waals surface area contributed by atoms with Crippen LogP contribution >= 0.6 is 0 Å². The van der Waals surface area contributed by atoms with E-state index in [0.29, 0.717) is 19.6 Å². The van der Waals surface area contributed by atoms with Crippen LogP contribution in [0.4, 0.5) is 0 Å². The first-order valence-electron chi connectivity index (χ1n) is 14.0. The van der Waals surface area contributed by atoms with Crippen molar-refractivity contribution < 1.29 is 79.9 Å². The first kappa shape index (κ1) is 38.0. The Labute approximate surface area is 247 Å². The highest BCUT2D eigenvalue weighted by Gasteiger charge is 2.52. The number of carbonyl (C=O) groups excluding carboxylic acids is 1. The maximum atomic E-state index is 12.4. The Balaban J connectivity index is 2.05. The molecule has 2 rings (SSSR count). The number of nitrogens with one attached hydrogen (secondary N) is 2. The van der Waals surface area contributed by atoms with Crippen molar-refractivity contribution in [2.24, 2.45) is 5.73 Å². The molecule has 254 valence electrons. The second kappa shape index (κ2) is 18.7. The normalized spacial score (nSPS) is 36.1. The zero-order valence-electron chi connectivity index (χ0n) is 23.5. The molecule has 0 aliphatic carbocycles. The van der Waals surface area contributed by atoms with E-state index in [0.717, 1.165) is 12.8 Å². The molecule has 2 aliphatic heterocycles. The van der Waals surface area contributed by atoms with Gasteiger partial charge in [-0.15, -0.1) is 0 Å². The fraction of sp³-hybridized carbons (Fsp3) is 0.958. The summed E-state index contributed by atoms with van der Waals surface area (Å²) >= 11 is 0. The van der Waals surface area contributed by atoms with E-state index in [1.165, 1.54) is 0 Å². The number of carbonyl (C=O) groups is 1. The minimum atomic E-state index is -2.18. The highest BCUT2D eigenvalue weighted by atomic mass is 16.7. The van der Waals surface area contributed by atoms with Crippen molar-refractivity contribution in [1.29, 1.82) is 0 Å². The van der Waals surface area contributed by atoms with Crippen LogP contribution in [0.5, 0.6) is 0 Å². The van der Waals surface area contributed by atoms with Gasteiger partial charge in [-0.2, -0.15) is 0 Å². The Morgan fingerprint density at radius 1 is 0.791 bits per heavy atom. The summed E-state index contributed by atoms with van der Waals surface area (Å²) in [6, 6.07) is 0. The number of aliphatic hydroxyl groups is 11. The molecule has 19 heteroatoms. The van der Waals surface area contributed by atoms with Gasteiger partial charge in [-0.3, -0.25) is 4.79 Å². The predicted molar refractivity (Wildman–Crippen MR) is 141 cm³/mol. The van der Waals surface area contributed by atoms with E-state index < -0.39 is 112 Å². The summed E-state index contributed by atoms with van der Waals surface area (Å²) in [6.07, 6.45) is -24.3. The van der Waals surface area contributed by atoms with Crippen LogP contribution in [0.2, 0.25) is 0 Å². The van der Waals surface area contributed by atoms with Gasteiger partial charge in [-0.1, -0.05) is 0 Å². The number of amides is 1. The molecule has 0 bridgehead atoms. The zero-order valence-corrected chi connectivity index (χ0v) is 23.5. The molecule has 0 aromatic heterocycles. The largest absolute Gasteiger partial charge is 0.394 e. The van der Waals surface area contributed by atoms with Gasteiger partial charge in [0.2, 0.25) is 0 Å². The molecule has 0 spiro atoms. The molecular weight excluding hydrogens is 586 g/mol. The zero-order chi connectivity index (χ0) is 32.3. The molecule has 1 amide bonds. The molecule has 2 fully saturated rings. The van der Waals surface area contributed by atoms with E-state index >= 15 is 0 Å². The van der Waals surface area contributed by atoms with Crippen LogP contribution in [0.25, 0.3) is 0 Å². The van der Waals surface area contributed by atoms with Crippen LogP contribution in [0.1, 0.15) is 12.8 Å². The maximum Gasteiger partial charge on any atom is 0.251 e. The Bertz CT molecular complexity index is 800. The molecule has 2 heterocycles. The lowest BCUT2D eigenvalue weighted by Gasteiger charge is -2.46. The molecule has 0 aromatic rings. The van der Waals surface area contributed by atoms with Gasteiger partial charge in [0.1, 0.15) is 67.1 Å². The minimum Gasteiger partial charge on any atom is -0.394 e. The smallest absolute Gasteiger partial charge is 0.251 e. The van der Waals surface area contributed by atoms with Crippen LogP contribution < -0.4 is 16.4 Å². The number of unbranched alkanes of at least 4 members (excludes halogenated alkanes) is 1. The molecular formula is C24H47N3O16. The molecule has 19 nitrogen and oxygen atoms in total. The third kappa shape index (κ3) is 10.1. The molecule has 2 saturated heterocycles. The third-order valence-corrected chi connectivity index (χ3v) is 7.16. The monoisotopic (exact) mass is 633 g/mol. The molecule has 2 aliphatic rings. The Morgan fingerprint density at radius 2 is 1.42 bits per heavy atom. The number of hydrogen-bond acceptors (Lipinski definition) is 18. The summed E-state index contributed by atoms with van der Waals surface area (Å²) in [4.78, 5) is 12.4. The highest BCUT2D eigenvalue weighted by Crippen LogP contribution is 2.30. The van der Waals surface area contributed by atoms with E-state index in [1.54, 1.807) is 0 Å². The molecule has 0 saturated carbocycles. The van der Waals surface area contributed by atoms with Crippen molar-refractivity contribution in [3.8, 4) is 0 Å². The minimum absolute atomic E-state index is 0.0734. The molecule has 43 heavy (non-hydrogen) atoms. The maximum absolute atomic E-state index is 12.4. The highest BCUT2D eigenvalue weighted by molar-refractivity contribution is 5.81. The lowest BCUT2D eigenvalue weighted by molar-refractivity contribution is -0.367. The van der Waals surface area contributed by atoms with E-state index in [1.807, 2.05) is 0 Å². The number of aliphatic hydroxyl groups excluding tert-OH is 11. The number of rotatable bonds is 18. The van der Waals surface area contributed by atoms with Crippen molar-refractivity contribution in [1.82, 2.24) is 10.6 Å². The summed E-state index contributed by atoms with van der Waals surface area (Å²) in [5, 5.41) is 117. The molecule has 0 aromatic carbocycles. The fourth-order valence-electron chi connectivity index (χ4n) is 4.56. The van der Waals surface area contributed by atoms with Crippen LogP contribution in [-0.2, 0) is 23.7 Å². The van der Waals surface area contributed by atoms with Gasteiger partial charge in [0.15, 0.2) is 18.7 Å². The van der Waals surface area contributed by atoms with Crippen molar-refractivity contribution in [3.05, 3.63) is 0 Å². The Morgan fingerprint density at radius 3 is 2.02 bits per heavy atom. The summed E-state index contributed by atoms with van der Waals surface area (Å²) in [5.41, 5.74) is 5.41. The standard InChI is InChI=1S/C24H47N3O16/c25-3-1-2-4-26-5-6-27-22(39)17(36)15(34)20(10(31)7-28)42-24-19(38)16(35)21(12(9-30)41-24)43-23-18(37)14(33)13(32)11(8-29)40-23/h10-21,23-24,26,28-38H,1-9,25H2,(H,27,39)/t10?,11?,12?,13?,14-,15+,16+,17?,18-,19-,20+,21-,23?,24?/m0/s1. The van der Waals surface area contributed by atoms with E-state index in [2.05, 4.69) is 10.6 Å².